The lowest BCUT2D eigenvalue weighted by Gasteiger charge is -2.13. The Morgan fingerprint density at radius 3 is 2.79 bits per heavy atom. The van der Waals surface area contributed by atoms with Gasteiger partial charge in [-0.05, 0) is 54.0 Å². The van der Waals surface area contributed by atoms with E-state index in [1.807, 2.05) is 39.1 Å². The molecule has 0 aliphatic rings. The fraction of sp³-hybridized carbons (Fsp3) is 0.500. The maximum Gasteiger partial charge on any atom is 0.258 e. The summed E-state index contributed by atoms with van der Waals surface area (Å²) in [5, 5.41) is 5.94. The van der Waals surface area contributed by atoms with Gasteiger partial charge in [0, 0.05) is 12.6 Å². The van der Waals surface area contributed by atoms with Gasteiger partial charge in [0.2, 0.25) is 0 Å². The molecule has 5 heteroatoms. The second kappa shape index (κ2) is 8.17. The summed E-state index contributed by atoms with van der Waals surface area (Å²) in [5.74, 6) is 0.583. The Morgan fingerprint density at radius 2 is 2.21 bits per heavy atom. The van der Waals surface area contributed by atoms with E-state index >= 15 is 0 Å². The summed E-state index contributed by atoms with van der Waals surface area (Å²) in [4.78, 5) is 11.6. The third-order valence-corrected chi connectivity index (χ3v) is 3.38. The lowest BCUT2D eigenvalue weighted by atomic mass is 10.2. The third kappa shape index (κ3) is 5.61. The van der Waals surface area contributed by atoms with Gasteiger partial charge in [-0.2, -0.15) is 0 Å². The zero-order chi connectivity index (χ0) is 14.3. The van der Waals surface area contributed by atoms with Gasteiger partial charge >= 0.3 is 0 Å². The van der Waals surface area contributed by atoms with Gasteiger partial charge in [-0.3, -0.25) is 4.79 Å². The molecule has 0 fully saturated rings. The number of ether oxygens (including phenoxy) is 1. The van der Waals surface area contributed by atoms with E-state index in [1.165, 1.54) is 0 Å². The van der Waals surface area contributed by atoms with E-state index in [4.69, 9.17) is 4.74 Å². The minimum Gasteiger partial charge on any atom is -0.483 e. The number of nitrogens with one attached hydrogen (secondary N) is 2. The summed E-state index contributed by atoms with van der Waals surface area (Å²) in [7, 11) is 1.90. The van der Waals surface area contributed by atoms with Crippen LogP contribution in [0, 0.1) is 0 Å². The van der Waals surface area contributed by atoms with E-state index < -0.39 is 0 Å². The first-order chi connectivity index (χ1) is 9.06. The number of hydrogen-bond donors (Lipinski definition) is 2. The monoisotopic (exact) mass is 328 g/mol. The van der Waals surface area contributed by atoms with Crippen molar-refractivity contribution in [1.82, 2.24) is 10.6 Å². The average molecular weight is 329 g/mol. The van der Waals surface area contributed by atoms with E-state index in [0.29, 0.717) is 5.75 Å². The highest BCUT2D eigenvalue weighted by Crippen LogP contribution is 2.25. The maximum atomic E-state index is 11.6. The molecule has 1 aromatic carbocycles. The molecule has 106 valence electrons. The Balaban J connectivity index is 2.51. The first-order valence-corrected chi connectivity index (χ1v) is 7.21. The van der Waals surface area contributed by atoms with Crippen molar-refractivity contribution in [3.63, 3.8) is 0 Å². The van der Waals surface area contributed by atoms with Crippen LogP contribution in [-0.4, -0.2) is 25.6 Å². The number of carbonyl (C=O) groups is 1. The van der Waals surface area contributed by atoms with Crippen LogP contribution in [0.25, 0.3) is 0 Å². The molecule has 0 saturated heterocycles. The standard InChI is InChI=1S/C14H21BrN2O2/c1-4-10(2)17-14(18)9-19-13-6-5-11(8-16-3)7-12(13)15/h5-7,10,16H,4,8-9H2,1-3H3,(H,17,18). The van der Waals surface area contributed by atoms with Gasteiger partial charge in [0.15, 0.2) is 6.61 Å². The highest BCUT2D eigenvalue weighted by Gasteiger charge is 2.08. The molecule has 1 amide bonds. The lowest BCUT2D eigenvalue weighted by molar-refractivity contribution is -0.123. The third-order valence-electron chi connectivity index (χ3n) is 2.76. The van der Waals surface area contributed by atoms with Crippen LogP contribution in [0.1, 0.15) is 25.8 Å². The zero-order valence-corrected chi connectivity index (χ0v) is 13.2. The molecule has 0 aliphatic heterocycles. The van der Waals surface area contributed by atoms with Gasteiger partial charge in [-0.25, -0.2) is 0 Å². The summed E-state index contributed by atoms with van der Waals surface area (Å²) in [6, 6.07) is 6.01. The fourth-order valence-corrected chi connectivity index (χ4v) is 2.08. The predicted octanol–water partition coefficient (Wildman–Crippen LogP) is 2.46. The van der Waals surface area contributed by atoms with Crippen molar-refractivity contribution in [2.75, 3.05) is 13.7 Å². The molecule has 1 aromatic rings. The number of halogens is 1. The topological polar surface area (TPSA) is 50.4 Å². The molecule has 0 saturated carbocycles. The Hall–Kier alpha value is -1.07. The van der Waals surface area contributed by atoms with Crippen LogP contribution in [0.2, 0.25) is 0 Å². The van der Waals surface area contributed by atoms with Crippen molar-refractivity contribution >= 4 is 21.8 Å². The van der Waals surface area contributed by atoms with Gasteiger partial charge in [-0.15, -0.1) is 0 Å². The zero-order valence-electron chi connectivity index (χ0n) is 11.6. The molecule has 1 atom stereocenters. The molecule has 1 rings (SSSR count). The van der Waals surface area contributed by atoms with Crippen LogP contribution in [0.5, 0.6) is 5.75 Å². The van der Waals surface area contributed by atoms with E-state index in [-0.39, 0.29) is 18.6 Å². The van der Waals surface area contributed by atoms with Crippen LogP contribution in [0.3, 0.4) is 0 Å². The molecule has 0 aromatic heterocycles. The van der Waals surface area contributed by atoms with E-state index in [9.17, 15) is 4.79 Å². The smallest absolute Gasteiger partial charge is 0.258 e. The quantitative estimate of drug-likeness (QED) is 0.808. The van der Waals surface area contributed by atoms with Crippen LogP contribution in [-0.2, 0) is 11.3 Å². The van der Waals surface area contributed by atoms with Crippen LogP contribution >= 0.6 is 15.9 Å². The van der Waals surface area contributed by atoms with Crippen molar-refractivity contribution in [1.29, 1.82) is 0 Å². The molecule has 2 N–H and O–H groups in total. The Kier molecular flexibility index (Phi) is 6.87. The fourth-order valence-electron chi connectivity index (χ4n) is 1.54. The molecular weight excluding hydrogens is 308 g/mol. The molecule has 0 spiro atoms. The van der Waals surface area contributed by atoms with Crippen molar-refractivity contribution in [3.05, 3.63) is 28.2 Å². The largest absolute Gasteiger partial charge is 0.483 e. The summed E-state index contributed by atoms with van der Waals surface area (Å²) >= 11 is 3.45. The summed E-state index contributed by atoms with van der Waals surface area (Å²) < 4.78 is 6.36. The Labute approximate surface area is 123 Å². The molecule has 0 bridgehead atoms. The summed E-state index contributed by atoms with van der Waals surface area (Å²) in [5.41, 5.74) is 1.16. The number of carbonyl (C=O) groups excluding carboxylic acids is 1. The number of benzene rings is 1. The van der Waals surface area contributed by atoms with Crippen molar-refractivity contribution in [2.45, 2.75) is 32.9 Å². The minimum atomic E-state index is -0.0967. The summed E-state index contributed by atoms with van der Waals surface area (Å²) in [6.07, 6.45) is 0.911. The van der Waals surface area contributed by atoms with Crippen LogP contribution in [0.15, 0.2) is 22.7 Å². The second-order valence-corrected chi connectivity index (χ2v) is 5.31. The van der Waals surface area contributed by atoms with Gasteiger partial charge in [0.1, 0.15) is 5.75 Å². The second-order valence-electron chi connectivity index (χ2n) is 4.46. The SMILES string of the molecule is CCC(C)NC(=O)COc1ccc(CNC)cc1Br. The normalized spacial score (nSPS) is 12.0. The van der Waals surface area contributed by atoms with Gasteiger partial charge in [0.05, 0.1) is 4.47 Å². The molecule has 0 aliphatic carbocycles. The lowest BCUT2D eigenvalue weighted by Crippen LogP contribution is -2.35. The highest BCUT2D eigenvalue weighted by molar-refractivity contribution is 9.10. The number of hydrogen-bond acceptors (Lipinski definition) is 3. The summed E-state index contributed by atoms with van der Waals surface area (Å²) in [6.45, 7) is 4.84. The van der Waals surface area contributed by atoms with Crippen molar-refractivity contribution in [3.8, 4) is 5.75 Å². The Morgan fingerprint density at radius 1 is 1.47 bits per heavy atom. The van der Waals surface area contributed by atoms with Crippen molar-refractivity contribution < 1.29 is 9.53 Å². The molecule has 19 heavy (non-hydrogen) atoms. The van der Waals surface area contributed by atoms with E-state index in [2.05, 4.69) is 26.6 Å². The maximum absolute atomic E-state index is 11.6. The number of rotatable bonds is 7. The molecule has 0 heterocycles. The molecule has 1 unspecified atom stereocenters. The predicted molar refractivity (Wildman–Crippen MR) is 80.3 cm³/mol. The van der Waals surface area contributed by atoms with Crippen molar-refractivity contribution in [2.24, 2.45) is 0 Å². The molecular formula is C14H21BrN2O2. The van der Waals surface area contributed by atoms with Crippen LogP contribution in [0.4, 0.5) is 0 Å². The highest BCUT2D eigenvalue weighted by atomic mass is 79.9. The Bertz CT molecular complexity index is 424. The van der Waals surface area contributed by atoms with E-state index in [1.54, 1.807) is 0 Å². The molecule has 4 nitrogen and oxygen atoms in total. The minimum absolute atomic E-state index is 0.0360. The molecule has 0 radical (unpaired) electrons. The van der Waals surface area contributed by atoms with Crippen LogP contribution < -0.4 is 15.4 Å². The van der Waals surface area contributed by atoms with Gasteiger partial charge < -0.3 is 15.4 Å². The first-order valence-electron chi connectivity index (χ1n) is 6.42. The van der Waals surface area contributed by atoms with Gasteiger partial charge in [0.25, 0.3) is 5.91 Å². The van der Waals surface area contributed by atoms with E-state index in [0.717, 1.165) is 23.0 Å². The first kappa shape index (κ1) is 16.0. The number of amides is 1. The van der Waals surface area contributed by atoms with Gasteiger partial charge in [-0.1, -0.05) is 13.0 Å². The average Bonchev–Trinajstić information content (AvgIpc) is 2.38.